The van der Waals surface area contributed by atoms with Crippen LogP contribution in [0.4, 0.5) is 11.4 Å². The fourth-order valence-electron chi connectivity index (χ4n) is 1.58. The van der Waals surface area contributed by atoms with E-state index in [-0.39, 0.29) is 23.9 Å². The Morgan fingerprint density at radius 2 is 2.05 bits per heavy atom. The van der Waals surface area contributed by atoms with Gasteiger partial charge >= 0.3 is 5.97 Å². The number of nitrogen functional groups attached to an aromatic ring is 2. The van der Waals surface area contributed by atoms with Crippen LogP contribution in [0.15, 0.2) is 18.2 Å². The van der Waals surface area contributed by atoms with Gasteiger partial charge in [0.05, 0.1) is 12.2 Å². The molecule has 0 aliphatic heterocycles. The van der Waals surface area contributed by atoms with Crippen LogP contribution in [0, 0.1) is 0 Å². The first-order valence-electron chi connectivity index (χ1n) is 6.04. The molecule has 1 rings (SSSR count). The summed E-state index contributed by atoms with van der Waals surface area (Å²) in [6.07, 6.45) is 0. The molecule has 5 N–H and O–H groups in total. The maximum absolute atomic E-state index is 11.7. The quantitative estimate of drug-likeness (QED) is 0.505. The number of nitrogens with two attached hydrogens (primary N) is 2. The van der Waals surface area contributed by atoms with Gasteiger partial charge < -0.3 is 26.3 Å². The first-order valence-corrected chi connectivity index (χ1v) is 6.04. The normalized spacial score (nSPS) is 11.7. The molecule has 1 aromatic rings. The molecule has 110 valence electrons. The van der Waals surface area contributed by atoms with Gasteiger partial charge in [0.25, 0.3) is 5.91 Å². The number of nitrogens with one attached hydrogen (secondary N) is 1. The van der Waals surface area contributed by atoms with Crippen LogP contribution in [0.1, 0.15) is 17.3 Å². The van der Waals surface area contributed by atoms with Crippen molar-refractivity contribution in [1.29, 1.82) is 0 Å². The zero-order chi connectivity index (χ0) is 15.1. The standard InChI is InChI=1S/C13H19N3O4/c1-8(6-19-2)16-12(17)7-20-13(18)10-4-3-9(14)5-11(10)15/h3-5,8H,6-7,14-15H2,1-2H3,(H,16,17). The largest absolute Gasteiger partial charge is 0.452 e. The summed E-state index contributed by atoms with van der Waals surface area (Å²) in [5.41, 5.74) is 12.0. The molecule has 0 heterocycles. The lowest BCUT2D eigenvalue weighted by atomic mass is 10.1. The third-order valence-corrected chi connectivity index (χ3v) is 2.45. The molecule has 20 heavy (non-hydrogen) atoms. The number of anilines is 2. The van der Waals surface area contributed by atoms with Crippen molar-refractivity contribution < 1.29 is 19.1 Å². The number of carbonyl (C=O) groups excluding carboxylic acids is 2. The number of benzene rings is 1. The molecular formula is C13H19N3O4. The van der Waals surface area contributed by atoms with Gasteiger partial charge in [0.2, 0.25) is 0 Å². The molecule has 0 fully saturated rings. The molecule has 7 nitrogen and oxygen atoms in total. The minimum Gasteiger partial charge on any atom is -0.452 e. The van der Waals surface area contributed by atoms with E-state index in [2.05, 4.69) is 5.32 Å². The number of carbonyl (C=O) groups is 2. The lowest BCUT2D eigenvalue weighted by Gasteiger charge is -2.13. The van der Waals surface area contributed by atoms with Gasteiger partial charge in [0, 0.05) is 24.5 Å². The van der Waals surface area contributed by atoms with Gasteiger partial charge in [0.15, 0.2) is 6.61 Å². The Balaban J connectivity index is 2.49. The lowest BCUT2D eigenvalue weighted by molar-refractivity contribution is -0.125. The topological polar surface area (TPSA) is 117 Å². The van der Waals surface area contributed by atoms with Gasteiger partial charge in [-0.05, 0) is 25.1 Å². The van der Waals surface area contributed by atoms with Crippen molar-refractivity contribution in [3.05, 3.63) is 23.8 Å². The molecule has 0 saturated carbocycles. The number of ether oxygens (including phenoxy) is 2. The van der Waals surface area contributed by atoms with Crippen LogP contribution in [0.5, 0.6) is 0 Å². The van der Waals surface area contributed by atoms with Gasteiger partial charge in [0.1, 0.15) is 0 Å². The molecule has 0 radical (unpaired) electrons. The van der Waals surface area contributed by atoms with Crippen LogP contribution >= 0.6 is 0 Å². The highest BCUT2D eigenvalue weighted by atomic mass is 16.5. The second-order valence-corrected chi connectivity index (χ2v) is 4.35. The minimum atomic E-state index is -0.669. The SMILES string of the molecule is COCC(C)NC(=O)COC(=O)c1ccc(N)cc1N. The van der Waals surface area contributed by atoms with E-state index in [9.17, 15) is 9.59 Å². The fourth-order valence-corrected chi connectivity index (χ4v) is 1.58. The fraction of sp³-hybridized carbons (Fsp3) is 0.385. The van der Waals surface area contributed by atoms with E-state index < -0.39 is 11.9 Å². The number of rotatable bonds is 6. The molecule has 0 spiro atoms. The number of amides is 1. The van der Waals surface area contributed by atoms with E-state index in [0.29, 0.717) is 12.3 Å². The zero-order valence-corrected chi connectivity index (χ0v) is 11.5. The van der Waals surface area contributed by atoms with Crippen molar-refractivity contribution in [3.8, 4) is 0 Å². The van der Waals surface area contributed by atoms with Gasteiger partial charge in [-0.3, -0.25) is 4.79 Å². The molecule has 1 unspecified atom stereocenters. The monoisotopic (exact) mass is 281 g/mol. The molecule has 0 saturated heterocycles. The average Bonchev–Trinajstić information content (AvgIpc) is 2.36. The molecule has 0 aromatic heterocycles. The van der Waals surface area contributed by atoms with Gasteiger partial charge in [-0.1, -0.05) is 0 Å². The second kappa shape index (κ2) is 7.34. The Labute approximate surface area is 117 Å². The number of esters is 1. The molecule has 7 heteroatoms. The molecule has 1 aromatic carbocycles. The summed E-state index contributed by atoms with van der Waals surface area (Å²) in [4.78, 5) is 23.3. The first kappa shape index (κ1) is 15.8. The molecule has 0 bridgehead atoms. The zero-order valence-electron chi connectivity index (χ0n) is 11.5. The van der Waals surface area contributed by atoms with Crippen molar-refractivity contribution in [3.63, 3.8) is 0 Å². The third kappa shape index (κ3) is 4.77. The highest BCUT2D eigenvalue weighted by molar-refractivity contribution is 5.96. The minimum absolute atomic E-state index is 0.159. The summed E-state index contributed by atoms with van der Waals surface area (Å²) in [5, 5.41) is 2.62. The molecule has 0 aliphatic carbocycles. The van der Waals surface area contributed by atoms with Crippen LogP contribution < -0.4 is 16.8 Å². The summed E-state index contributed by atoms with van der Waals surface area (Å²) in [5.74, 6) is -1.08. The highest BCUT2D eigenvalue weighted by Gasteiger charge is 2.14. The van der Waals surface area contributed by atoms with Crippen molar-refractivity contribution in [2.45, 2.75) is 13.0 Å². The van der Waals surface area contributed by atoms with Crippen molar-refractivity contribution in [1.82, 2.24) is 5.32 Å². The van der Waals surface area contributed by atoms with E-state index in [4.69, 9.17) is 20.9 Å². The van der Waals surface area contributed by atoms with E-state index in [0.717, 1.165) is 0 Å². The van der Waals surface area contributed by atoms with E-state index in [1.165, 1.54) is 25.3 Å². The van der Waals surface area contributed by atoms with Gasteiger partial charge in [-0.25, -0.2) is 4.79 Å². The van der Waals surface area contributed by atoms with Gasteiger partial charge in [-0.2, -0.15) is 0 Å². The number of hydrogen-bond acceptors (Lipinski definition) is 6. The lowest BCUT2D eigenvalue weighted by Crippen LogP contribution is -2.38. The number of hydrogen-bond donors (Lipinski definition) is 3. The Morgan fingerprint density at radius 3 is 2.65 bits per heavy atom. The van der Waals surface area contributed by atoms with Crippen molar-refractivity contribution in [2.75, 3.05) is 31.8 Å². The van der Waals surface area contributed by atoms with E-state index in [1.54, 1.807) is 6.92 Å². The summed E-state index contributed by atoms with van der Waals surface area (Å²) in [7, 11) is 1.53. The third-order valence-electron chi connectivity index (χ3n) is 2.45. The summed E-state index contributed by atoms with van der Waals surface area (Å²) < 4.78 is 9.75. The molecular weight excluding hydrogens is 262 g/mol. The average molecular weight is 281 g/mol. The smallest absolute Gasteiger partial charge is 0.340 e. The summed E-state index contributed by atoms with van der Waals surface area (Å²) in [6.45, 7) is 1.78. The van der Waals surface area contributed by atoms with E-state index >= 15 is 0 Å². The van der Waals surface area contributed by atoms with E-state index in [1.807, 2.05) is 0 Å². The Kier molecular flexibility index (Phi) is 5.79. The molecule has 1 atom stereocenters. The van der Waals surface area contributed by atoms with Crippen LogP contribution in [0.25, 0.3) is 0 Å². The Morgan fingerprint density at radius 1 is 1.35 bits per heavy atom. The Bertz CT molecular complexity index is 491. The molecule has 0 aliphatic rings. The van der Waals surface area contributed by atoms with Crippen LogP contribution in [0.2, 0.25) is 0 Å². The maximum Gasteiger partial charge on any atom is 0.340 e. The Hall–Kier alpha value is -2.28. The second-order valence-electron chi connectivity index (χ2n) is 4.35. The highest BCUT2D eigenvalue weighted by Crippen LogP contribution is 2.16. The van der Waals surface area contributed by atoms with Crippen LogP contribution in [-0.2, 0) is 14.3 Å². The molecule has 1 amide bonds. The summed E-state index contributed by atoms with van der Waals surface area (Å²) in [6, 6.07) is 4.29. The number of methoxy groups -OCH3 is 1. The van der Waals surface area contributed by atoms with Crippen molar-refractivity contribution >= 4 is 23.3 Å². The van der Waals surface area contributed by atoms with Crippen molar-refractivity contribution in [2.24, 2.45) is 0 Å². The maximum atomic E-state index is 11.7. The predicted molar refractivity (Wildman–Crippen MR) is 75.0 cm³/mol. The van der Waals surface area contributed by atoms with Crippen LogP contribution in [-0.4, -0.2) is 38.2 Å². The first-order chi connectivity index (χ1) is 9.43. The van der Waals surface area contributed by atoms with Crippen LogP contribution in [0.3, 0.4) is 0 Å². The summed E-state index contributed by atoms with van der Waals surface area (Å²) >= 11 is 0. The predicted octanol–water partition coefficient (Wildman–Crippen LogP) is 0.159. The van der Waals surface area contributed by atoms with Gasteiger partial charge in [-0.15, -0.1) is 0 Å².